The van der Waals surface area contributed by atoms with Gasteiger partial charge in [-0.15, -0.1) is 0 Å². The monoisotopic (exact) mass is 384 g/mol. The number of carbonyl (C=O) groups is 1. The molecule has 1 fully saturated rings. The summed E-state index contributed by atoms with van der Waals surface area (Å²) in [4.78, 5) is 11.9. The molecule has 3 atom stereocenters. The summed E-state index contributed by atoms with van der Waals surface area (Å²) >= 11 is 0. The summed E-state index contributed by atoms with van der Waals surface area (Å²) in [5.74, 6) is -0.949. The molecule has 0 radical (unpaired) electrons. The Kier molecular flexibility index (Phi) is 7.21. The number of nitrogens with zero attached hydrogens (tertiary/aromatic N) is 1. The Labute approximate surface area is 144 Å². The van der Waals surface area contributed by atoms with Crippen molar-refractivity contribution in [3.8, 4) is 0 Å². The van der Waals surface area contributed by atoms with Gasteiger partial charge in [-0.05, 0) is 34.6 Å². The van der Waals surface area contributed by atoms with Crippen molar-refractivity contribution >= 4 is 25.8 Å². The van der Waals surface area contributed by atoms with Crippen LogP contribution in [0, 0.1) is 0 Å². The first-order valence-corrected chi connectivity index (χ1v) is 11.2. The Morgan fingerprint density at radius 1 is 1.12 bits per heavy atom. The number of amides is 1. The number of sulfonamides is 1. The standard InChI is InChI=1S/C14H28N2O6S2/c1-10(2)24(20,21)13(5)14(17)15-6-7-23(18,19)16-8-11(3)22-12(4)9-16/h10-13H,6-9H2,1-5H3,(H,15,17). The fourth-order valence-electron chi connectivity index (χ4n) is 2.49. The summed E-state index contributed by atoms with van der Waals surface area (Å²) in [6.07, 6.45) is -0.372. The summed E-state index contributed by atoms with van der Waals surface area (Å²) < 4.78 is 55.4. The molecule has 10 heteroatoms. The number of hydrogen-bond donors (Lipinski definition) is 1. The topological polar surface area (TPSA) is 110 Å². The summed E-state index contributed by atoms with van der Waals surface area (Å²) in [5, 5.41) is 0.533. The third-order valence-corrected chi connectivity index (χ3v) is 8.28. The predicted molar refractivity (Wildman–Crippen MR) is 91.9 cm³/mol. The molecule has 1 heterocycles. The van der Waals surface area contributed by atoms with Crippen molar-refractivity contribution < 1.29 is 26.4 Å². The average Bonchev–Trinajstić information content (AvgIpc) is 2.44. The van der Waals surface area contributed by atoms with Gasteiger partial charge in [-0.3, -0.25) is 4.79 Å². The van der Waals surface area contributed by atoms with Crippen LogP contribution in [0.1, 0.15) is 34.6 Å². The van der Waals surface area contributed by atoms with E-state index in [1.165, 1.54) is 25.1 Å². The van der Waals surface area contributed by atoms with Crippen LogP contribution in [0.4, 0.5) is 0 Å². The van der Waals surface area contributed by atoms with Crippen molar-refractivity contribution in [2.45, 2.75) is 57.3 Å². The van der Waals surface area contributed by atoms with Crippen LogP contribution in [0.15, 0.2) is 0 Å². The van der Waals surface area contributed by atoms with Gasteiger partial charge in [0.05, 0.1) is 23.2 Å². The van der Waals surface area contributed by atoms with Gasteiger partial charge in [-0.2, -0.15) is 4.31 Å². The Hall–Kier alpha value is -0.710. The number of ether oxygens (including phenoxy) is 1. The molecule has 3 unspecified atom stereocenters. The number of hydrogen-bond acceptors (Lipinski definition) is 6. The van der Waals surface area contributed by atoms with E-state index in [0.717, 1.165) is 0 Å². The number of morpholine rings is 1. The fraction of sp³-hybridized carbons (Fsp3) is 0.929. The molecule has 142 valence electrons. The van der Waals surface area contributed by atoms with E-state index in [9.17, 15) is 21.6 Å². The Morgan fingerprint density at radius 2 is 1.62 bits per heavy atom. The predicted octanol–water partition coefficient (Wildman–Crippen LogP) is -0.247. The maximum atomic E-state index is 12.3. The smallest absolute Gasteiger partial charge is 0.238 e. The molecule has 1 rings (SSSR count). The first-order valence-electron chi connectivity index (χ1n) is 8.01. The van der Waals surface area contributed by atoms with E-state index < -0.39 is 36.3 Å². The Bertz CT molecular complexity index is 634. The SMILES string of the molecule is CC1CN(S(=O)(=O)CCNC(=O)C(C)S(=O)(=O)C(C)C)CC(C)O1. The van der Waals surface area contributed by atoms with Crippen LogP contribution >= 0.6 is 0 Å². The third-order valence-electron chi connectivity index (χ3n) is 3.96. The lowest BCUT2D eigenvalue weighted by Crippen LogP contribution is -2.50. The zero-order valence-corrected chi connectivity index (χ0v) is 16.5. The van der Waals surface area contributed by atoms with E-state index in [2.05, 4.69) is 5.32 Å². The zero-order chi connectivity index (χ0) is 18.7. The summed E-state index contributed by atoms with van der Waals surface area (Å²) in [6.45, 7) is 8.35. The van der Waals surface area contributed by atoms with Gasteiger partial charge in [0, 0.05) is 19.6 Å². The quantitative estimate of drug-likeness (QED) is 0.648. The third kappa shape index (κ3) is 5.40. The van der Waals surface area contributed by atoms with Gasteiger partial charge in [0.15, 0.2) is 9.84 Å². The van der Waals surface area contributed by atoms with Crippen molar-refractivity contribution in [2.75, 3.05) is 25.4 Å². The van der Waals surface area contributed by atoms with Crippen LogP contribution in [0.2, 0.25) is 0 Å². The Balaban J connectivity index is 2.58. The number of sulfone groups is 1. The highest BCUT2D eigenvalue weighted by atomic mass is 32.2. The lowest BCUT2D eigenvalue weighted by atomic mass is 10.3. The van der Waals surface area contributed by atoms with Crippen LogP contribution in [0.5, 0.6) is 0 Å². The molecule has 8 nitrogen and oxygen atoms in total. The molecule has 0 aromatic heterocycles. The second-order valence-electron chi connectivity index (χ2n) is 6.46. The van der Waals surface area contributed by atoms with Crippen molar-refractivity contribution in [1.82, 2.24) is 9.62 Å². The van der Waals surface area contributed by atoms with E-state index in [0.29, 0.717) is 0 Å². The second kappa shape index (κ2) is 8.11. The number of rotatable bonds is 7. The first-order chi connectivity index (χ1) is 10.9. The van der Waals surface area contributed by atoms with Crippen molar-refractivity contribution in [3.05, 3.63) is 0 Å². The normalized spacial score (nSPS) is 24.8. The van der Waals surface area contributed by atoms with Gasteiger partial charge in [0.25, 0.3) is 0 Å². The van der Waals surface area contributed by atoms with Crippen LogP contribution in [0.3, 0.4) is 0 Å². The summed E-state index contributed by atoms with van der Waals surface area (Å²) in [6, 6.07) is 0. The summed E-state index contributed by atoms with van der Waals surface area (Å²) in [7, 11) is -7.10. The lowest BCUT2D eigenvalue weighted by Gasteiger charge is -2.34. The van der Waals surface area contributed by atoms with Crippen LogP contribution in [0.25, 0.3) is 0 Å². The van der Waals surface area contributed by atoms with Crippen molar-refractivity contribution in [3.63, 3.8) is 0 Å². The van der Waals surface area contributed by atoms with Gasteiger partial charge in [-0.1, -0.05) is 0 Å². The van der Waals surface area contributed by atoms with Crippen molar-refractivity contribution in [2.24, 2.45) is 0 Å². The number of carbonyl (C=O) groups excluding carboxylic acids is 1. The molecule has 0 aromatic carbocycles. The molecule has 0 bridgehead atoms. The van der Waals surface area contributed by atoms with Gasteiger partial charge in [0.2, 0.25) is 15.9 Å². The highest BCUT2D eigenvalue weighted by molar-refractivity contribution is 7.93. The zero-order valence-electron chi connectivity index (χ0n) is 14.9. The fourth-order valence-corrected chi connectivity index (χ4v) is 5.18. The minimum absolute atomic E-state index is 0.126. The molecule has 1 N–H and O–H groups in total. The van der Waals surface area contributed by atoms with Gasteiger partial charge >= 0.3 is 0 Å². The van der Waals surface area contributed by atoms with Crippen LogP contribution < -0.4 is 5.32 Å². The van der Waals surface area contributed by atoms with Crippen molar-refractivity contribution in [1.29, 1.82) is 0 Å². The van der Waals surface area contributed by atoms with E-state index in [4.69, 9.17) is 4.74 Å². The summed E-state index contributed by atoms with van der Waals surface area (Å²) in [5.41, 5.74) is 0. The maximum absolute atomic E-state index is 12.3. The second-order valence-corrected chi connectivity index (χ2v) is 11.4. The Morgan fingerprint density at radius 3 is 2.08 bits per heavy atom. The van der Waals surface area contributed by atoms with E-state index in [1.54, 1.807) is 13.8 Å². The molecule has 24 heavy (non-hydrogen) atoms. The highest BCUT2D eigenvalue weighted by Gasteiger charge is 2.32. The van der Waals surface area contributed by atoms with E-state index in [-0.39, 0.29) is 37.6 Å². The van der Waals surface area contributed by atoms with Gasteiger partial charge < -0.3 is 10.1 Å². The maximum Gasteiger partial charge on any atom is 0.238 e. The van der Waals surface area contributed by atoms with E-state index in [1.807, 2.05) is 0 Å². The molecular weight excluding hydrogens is 356 g/mol. The lowest BCUT2D eigenvalue weighted by molar-refractivity contribution is -0.120. The minimum Gasteiger partial charge on any atom is -0.373 e. The molecule has 0 saturated carbocycles. The highest BCUT2D eigenvalue weighted by Crippen LogP contribution is 2.14. The van der Waals surface area contributed by atoms with Crippen LogP contribution in [-0.2, 0) is 29.4 Å². The average molecular weight is 385 g/mol. The molecular formula is C14H28N2O6S2. The molecule has 1 amide bonds. The first kappa shape index (κ1) is 21.3. The largest absolute Gasteiger partial charge is 0.373 e. The molecule has 0 aliphatic carbocycles. The molecule has 1 aliphatic rings. The van der Waals surface area contributed by atoms with Gasteiger partial charge in [0.1, 0.15) is 5.25 Å². The molecule has 0 spiro atoms. The number of nitrogens with one attached hydrogen (secondary N) is 1. The minimum atomic E-state index is -3.57. The van der Waals surface area contributed by atoms with Gasteiger partial charge in [-0.25, -0.2) is 16.8 Å². The van der Waals surface area contributed by atoms with Crippen LogP contribution in [-0.4, -0.2) is 75.1 Å². The molecule has 1 saturated heterocycles. The molecule has 0 aromatic rings. The molecule has 1 aliphatic heterocycles. The van der Waals surface area contributed by atoms with E-state index >= 15 is 0 Å².